The van der Waals surface area contributed by atoms with Crippen molar-refractivity contribution in [1.29, 1.82) is 0 Å². The molecule has 2 aliphatic rings. The van der Waals surface area contributed by atoms with Gasteiger partial charge in [-0.05, 0) is 93.7 Å². The highest BCUT2D eigenvalue weighted by molar-refractivity contribution is 6.04. The number of rotatable bonds is 6. The lowest BCUT2D eigenvalue weighted by Gasteiger charge is -2.20. The Kier molecular flexibility index (Phi) is 8.64. The smallest absolute Gasteiger partial charge is 0.322 e. The van der Waals surface area contributed by atoms with Gasteiger partial charge in [0.1, 0.15) is 5.70 Å². The molecule has 43 heavy (non-hydrogen) atoms. The first-order chi connectivity index (χ1) is 20.6. The zero-order valence-electron chi connectivity index (χ0n) is 23.9. The fourth-order valence-electron chi connectivity index (χ4n) is 4.85. The molecule has 1 saturated heterocycles. The summed E-state index contributed by atoms with van der Waals surface area (Å²) in [6.07, 6.45) is 7.91. The maximum absolute atomic E-state index is 13.8. The second kappa shape index (κ2) is 12.5. The molecule has 1 amide bonds. The molecule has 5 rings (SSSR count). The number of nitrogens with one attached hydrogen (secondary N) is 1. The second-order valence-corrected chi connectivity index (χ2v) is 10.4. The first kappa shape index (κ1) is 29.6. The second-order valence-electron chi connectivity index (χ2n) is 10.4. The molecule has 1 aromatic heterocycles. The molecule has 2 aromatic carbocycles. The third-order valence-electron chi connectivity index (χ3n) is 7.18. The Morgan fingerprint density at radius 1 is 1.16 bits per heavy atom. The fourth-order valence-corrected chi connectivity index (χ4v) is 4.85. The number of likely N-dealkylation sites (tertiary alicyclic amines) is 1. The highest BCUT2D eigenvalue weighted by Crippen LogP contribution is 2.33. The Morgan fingerprint density at radius 3 is 2.67 bits per heavy atom. The van der Waals surface area contributed by atoms with Gasteiger partial charge in [-0.2, -0.15) is 18.3 Å². The van der Waals surface area contributed by atoms with Crippen LogP contribution < -0.4 is 5.32 Å². The number of carbonyl (C=O) groups is 1. The van der Waals surface area contributed by atoms with Crippen molar-refractivity contribution in [1.82, 2.24) is 19.5 Å². The number of anilines is 1. The van der Waals surface area contributed by atoms with Crippen LogP contribution >= 0.6 is 0 Å². The van der Waals surface area contributed by atoms with Crippen LogP contribution in [-0.2, 0) is 12.7 Å². The van der Waals surface area contributed by atoms with Crippen LogP contribution in [0.3, 0.4) is 0 Å². The SMILES string of the molecule is C=C1C=CC=NN1/C(C#Cc1cc(C(=O)Nc2cc(-n3cnc(CN4CCCC4)c3)cc(C(F)(F)F)c2)ccc1C)=C\C. The Bertz CT molecular complexity index is 1700. The Labute approximate surface area is 248 Å². The predicted octanol–water partition coefficient (Wildman–Crippen LogP) is 6.67. The average Bonchev–Trinajstić information content (AvgIpc) is 3.67. The van der Waals surface area contributed by atoms with Crippen molar-refractivity contribution < 1.29 is 18.0 Å². The van der Waals surface area contributed by atoms with Crippen LogP contribution in [0.5, 0.6) is 0 Å². The highest BCUT2D eigenvalue weighted by Gasteiger charge is 2.31. The van der Waals surface area contributed by atoms with Gasteiger partial charge in [-0.1, -0.05) is 24.6 Å². The van der Waals surface area contributed by atoms with Gasteiger partial charge in [-0.15, -0.1) is 0 Å². The molecule has 3 heterocycles. The number of aromatic nitrogens is 2. The number of hydrogen-bond acceptors (Lipinski definition) is 5. The van der Waals surface area contributed by atoms with E-state index < -0.39 is 17.6 Å². The van der Waals surface area contributed by atoms with E-state index in [1.807, 2.05) is 19.9 Å². The van der Waals surface area contributed by atoms with Crippen LogP contribution in [-0.4, -0.2) is 44.7 Å². The van der Waals surface area contributed by atoms with Gasteiger partial charge in [0.05, 0.1) is 23.3 Å². The number of amides is 1. The Balaban J connectivity index is 1.38. The molecule has 0 bridgehead atoms. The molecule has 7 nitrogen and oxygen atoms in total. The molecule has 10 heteroatoms. The van der Waals surface area contributed by atoms with E-state index in [2.05, 4.69) is 38.7 Å². The summed E-state index contributed by atoms with van der Waals surface area (Å²) >= 11 is 0. The third-order valence-corrected chi connectivity index (χ3v) is 7.18. The molecular weight excluding hydrogens is 553 g/mol. The summed E-state index contributed by atoms with van der Waals surface area (Å²) in [6, 6.07) is 8.46. The minimum Gasteiger partial charge on any atom is -0.322 e. The van der Waals surface area contributed by atoms with E-state index in [0.29, 0.717) is 23.5 Å². The monoisotopic (exact) mass is 584 g/mol. The normalized spacial score (nSPS) is 15.5. The van der Waals surface area contributed by atoms with Gasteiger partial charge in [0, 0.05) is 41.5 Å². The predicted molar refractivity (Wildman–Crippen MR) is 161 cm³/mol. The van der Waals surface area contributed by atoms with Crippen molar-refractivity contribution in [3.05, 3.63) is 113 Å². The van der Waals surface area contributed by atoms with Crippen LogP contribution in [0, 0.1) is 18.8 Å². The topological polar surface area (TPSA) is 65.8 Å². The zero-order chi connectivity index (χ0) is 30.6. The Morgan fingerprint density at radius 2 is 1.95 bits per heavy atom. The zero-order valence-corrected chi connectivity index (χ0v) is 23.9. The summed E-state index contributed by atoms with van der Waals surface area (Å²) in [5, 5.41) is 8.54. The van der Waals surface area contributed by atoms with Crippen LogP contribution in [0.25, 0.3) is 5.69 Å². The van der Waals surface area contributed by atoms with Gasteiger partial charge in [0.15, 0.2) is 0 Å². The summed E-state index contributed by atoms with van der Waals surface area (Å²) in [7, 11) is 0. The van der Waals surface area contributed by atoms with Crippen molar-refractivity contribution in [3.8, 4) is 17.5 Å². The average molecular weight is 585 g/mol. The van der Waals surface area contributed by atoms with E-state index in [1.165, 1.54) is 12.4 Å². The maximum atomic E-state index is 13.8. The number of allylic oxidation sites excluding steroid dienone is 4. The quantitative estimate of drug-likeness (QED) is 0.329. The largest absolute Gasteiger partial charge is 0.416 e. The molecule has 0 unspecified atom stereocenters. The maximum Gasteiger partial charge on any atom is 0.416 e. The number of halogens is 3. The molecule has 3 aromatic rings. The van der Waals surface area contributed by atoms with Crippen molar-refractivity contribution in [2.45, 2.75) is 39.4 Å². The molecule has 0 radical (unpaired) electrons. The van der Waals surface area contributed by atoms with E-state index in [9.17, 15) is 18.0 Å². The van der Waals surface area contributed by atoms with Crippen LogP contribution in [0.2, 0.25) is 0 Å². The standard InChI is InChI=1S/C33H31F3N6O/c1-4-30(42-24(3)8-7-13-38-42)12-11-25-16-26(10-9-23(25)2)32(43)39-28-17-27(33(34,35)36)18-31(19-28)41-21-29(37-22-41)20-40-14-5-6-15-40/h4,7-10,13,16-19,21-22H,3,5-6,14-15,20H2,1-2H3,(H,39,43)/b30-4-. The van der Waals surface area contributed by atoms with E-state index in [4.69, 9.17) is 0 Å². The lowest BCUT2D eigenvalue weighted by molar-refractivity contribution is -0.137. The van der Waals surface area contributed by atoms with Crippen molar-refractivity contribution in [2.24, 2.45) is 5.10 Å². The van der Waals surface area contributed by atoms with E-state index >= 15 is 0 Å². The summed E-state index contributed by atoms with van der Waals surface area (Å²) in [5.41, 5.74) is 3.13. The van der Waals surface area contributed by atoms with Gasteiger partial charge in [0.2, 0.25) is 0 Å². The summed E-state index contributed by atoms with van der Waals surface area (Å²) < 4.78 is 43.1. The Hall–Kier alpha value is -4.88. The number of aryl methyl sites for hydroxylation is 1. The molecule has 0 spiro atoms. The van der Waals surface area contributed by atoms with Crippen molar-refractivity contribution in [2.75, 3.05) is 18.4 Å². The van der Waals surface area contributed by atoms with Crippen LogP contribution in [0.1, 0.15) is 52.5 Å². The molecule has 0 saturated carbocycles. The fraction of sp³-hybridized carbons (Fsp3) is 0.242. The molecular formula is C33H31F3N6O. The van der Waals surface area contributed by atoms with Crippen LogP contribution in [0.15, 0.2) is 90.2 Å². The van der Waals surface area contributed by atoms with E-state index in [0.717, 1.165) is 49.3 Å². The molecule has 2 aliphatic heterocycles. The molecule has 1 fully saturated rings. The van der Waals surface area contributed by atoms with Crippen LogP contribution in [0.4, 0.5) is 18.9 Å². The number of carbonyl (C=O) groups excluding carboxylic acids is 1. The third kappa shape index (κ3) is 7.13. The first-order valence-corrected chi connectivity index (χ1v) is 13.9. The number of alkyl halides is 3. The molecule has 1 N–H and O–H groups in total. The summed E-state index contributed by atoms with van der Waals surface area (Å²) in [5.74, 6) is 5.61. The summed E-state index contributed by atoms with van der Waals surface area (Å²) in [6.45, 7) is 10.3. The lowest BCUT2D eigenvalue weighted by Crippen LogP contribution is -2.18. The molecule has 0 aliphatic carbocycles. The van der Waals surface area contributed by atoms with E-state index in [1.54, 1.807) is 52.3 Å². The van der Waals surface area contributed by atoms with Crippen molar-refractivity contribution >= 4 is 17.8 Å². The first-order valence-electron chi connectivity index (χ1n) is 13.9. The van der Waals surface area contributed by atoms with Gasteiger partial charge < -0.3 is 9.88 Å². The minimum atomic E-state index is -4.61. The molecule has 220 valence electrons. The van der Waals surface area contributed by atoms with Gasteiger partial charge in [0.25, 0.3) is 5.91 Å². The van der Waals surface area contributed by atoms with Gasteiger partial charge in [-0.25, -0.2) is 9.99 Å². The number of imidazole rings is 1. The molecule has 0 atom stereocenters. The number of nitrogens with zero attached hydrogens (tertiary/aromatic N) is 5. The highest BCUT2D eigenvalue weighted by atomic mass is 19.4. The number of hydrogen-bond donors (Lipinski definition) is 1. The lowest BCUT2D eigenvalue weighted by atomic mass is 10.0. The van der Waals surface area contributed by atoms with Gasteiger partial charge in [-0.3, -0.25) is 9.69 Å². The van der Waals surface area contributed by atoms with E-state index in [-0.39, 0.29) is 16.9 Å². The van der Waals surface area contributed by atoms with Crippen molar-refractivity contribution in [3.63, 3.8) is 0 Å². The number of benzene rings is 2. The minimum absolute atomic E-state index is 0.0172. The van der Waals surface area contributed by atoms with Gasteiger partial charge >= 0.3 is 6.18 Å². The number of hydrazone groups is 1. The summed E-state index contributed by atoms with van der Waals surface area (Å²) in [4.78, 5) is 19.9.